The van der Waals surface area contributed by atoms with Crippen molar-refractivity contribution in [2.24, 2.45) is 5.41 Å². The third-order valence-corrected chi connectivity index (χ3v) is 15.2. The van der Waals surface area contributed by atoms with Gasteiger partial charge in [-0.2, -0.15) is 4.31 Å². The van der Waals surface area contributed by atoms with Crippen LogP contribution in [0, 0.1) is 12.3 Å². The highest BCUT2D eigenvalue weighted by Crippen LogP contribution is 2.61. The number of carboxylic acid groups (broad SMARTS) is 1. The van der Waals surface area contributed by atoms with Crippen molar-refractivity contribution in [2.45, 2.75) is 96.3 Å². The number of nitrogen functional groups attached to an aromatic ring is 1. The Morgan fingerprint density at radius 2 is 1.60 bits per heavy atom. The number of nitrogens with zero attached hydrogens (tertiary/aromatic N) is 5. The Morgan fingerprint density at radius 3 is 2.25 bits per heavy atom. The zero-order valence-corrected chi connectivity index (χ0v) is 43.3. The fourth-order valence-corrected chi connectivity index (χ4v) is 10.5. The van der Waals surface area contributed by atoms with Gasteiger partial charge in [0, 0.05) is 61.0 Å². The number of aromatic nitrogens is 5. The largest absolute Gasteiger partial charge is 0.506 e. The molecule has 2 amide bonds. The molecule has 1 saturated heterocycles. The number of fused-ring (bicyclic) bond motifs is 1. The minimum Gasteiger partial charge on any atom is -0.506 e. The average Bonchev–Trinajstić information content (AvgIpc) is 3.84. The van der Waals surface area contributed by atoms with E-state index in [4.69, 9.17) is 29.3 Å². The van der Waals surface area contributed by atoms with Crippen LogP contribution in [0.3, 0.4) is 0 Å². The van der Waals surface area contributed by atoms with Gasteiger partial charge >= 0.3 is 37.3 Å². The van der Waals surface area contributed by atoms with E-state index >= 15 is 0 Å². The highest BCUT2D eigenvalue weighted by Gasteiger charge is 2.50. The topological polar surface area (TPSA) is 513 Å². The number of nitrogens with one attached hydrogen (secondary N) is 3. The van der Waals surface area contributed by atoms with E-state index in [9.17, 15) is 77.4 Å². The second-order valence-electron chi connectivity index (χ2n) is 16.7. The number of imidazole rings is 1. The molecule has 38 heteroatoms. The summed E-state index contributed by atoms with van der Waals surface area (Å²) in [5.41, 5.74) is 2.88. The third-order valence-electron chi connectivity index (χ3n) is 10.5. The summed E-state index contributed by atoms with van der Waals surface area (Å²) in [4.78, 5) is 124. The Kier molecular flexibility index (Phi) is 21.3. The molecule has 0 aliphatic carbocycles. The number of rotatable bonds is 29. The van der Waals surface area contributed by atoms with Gasteiger partial charge in [0.2, 0.25) is 16.9 Å². The van der Waals surface area contributed by atoms with Gasteiger partial charge < -0.3 is 76.2 Å². The molecule has 73 heavy (non-hydrogen) atoms. The van der Waals surface area contributed by atoms with Crippen LogP contribution in [0.5, 0.6) is 5.75 Å². The predicted octanol–water partition coefficient (Wildman–Crippen LogP) is -0.904. The molecule has 1 aliphatic heterocycles. The molecule has 3 aromatic rings. The number of aryl methyl sites for hydroxylation is 1. The molecule has 15 N–H and O–H groups in total. The monoisotopic (exact) mass is 1140 g/mol. The molecular formula is C35H55N9O24P4S. The number of carbonyl (C=O) groups excluding carboxylic acids is 3. The smallest absolute Gasteiger partial charge is 0.481 e. The van der Waals surface area contributed by atoms with E-state index < -0.39 is 122 Å². The summed E-state index contributed by atoms with van der Waals surface area (Å²) in [5, 5.41) is 48.8. The summed E-state index contributed by atoms with van der Waals surface area (Å²) in [6.45, 7) is 1.73. The summed E-state index contributed by atoms with van der Waals surface area (Å²) in [7, 11) is -21.5. The van der Waals surface area contributed by atoms with Crippen LogP contribution in [0.25, 0.3) is 11.2 Å². The van der Waals surface area contributed by atoms with Gasteiger partial charge in [-0.15, -0.1) is 0 Å². The van der Waals surface area contributed by atoms with Crippen molar-refractivity contribution < 1.29 is 114 Å². The normalized spacial score (nSPS) is 20.4. The fourth-order valence-electron chi connectivity index (χ4n) is 6.50. The zero-order valence-electron chi connectivity index (χ0n) is 38.9. The summed E-state index contributed by atoms with van der Waals surface area (Å²) in [6, 6.07) is 0. The number of phosphoric ester groups is 4. The highest BCUT2D eigenvalue weighted by atomic mass is 32.2. The molecule has 33 nitrogen and oxygen atoms in total. The number of thioether (sulfide) groups is 1. The van der Waals surface area contributed by atoms with Crippen LogP contribution in [-0.2, 0) is 77.7 Å². The summed E-state index contributed by atoms with van der Waals surface area (Å²) in [6.07, 6.45) is -6.90. The van der Waals surface area contributed by atoms with Crippen LogP contribution in [0.1, 0.15) is 63.1 Å². The quantitative estimate of drug-likeness (QED) is 0.0296. The van der Waals surface area contributed by atoms with E-state index in [-0.39, 0.29) is 77.8 Å². The maximum Gasteiger partial charge on any atom is 0.481 e. The third kappa shape index (κ3) is 18.4. The summed E-state index contributed by atoms with van der Waals surface area (Å²) >= 11 is 0.731. The molecule has 4 heterocycles. The predicted molar refractivity (Wildman–Crippen MR) is 247 cm³/mol. The number of pyridine rings is 1. The zero-order chi connectivity index (χ0) is 54.9. The molecule has 7 unspecified atom stereocenters. The van der Waals surface area contributed by atoms with Crippen LogP contribution in [0.15, 0.2) is 18.9 Å². The minimum absolute atomic E-state index is 0.000991. The van der Waals surface area contributed by atoms with Crippen molar-refractivity contribution >= 4 is 82.9 Å². The average molecular weight is 1140 g/mol. The molecule has 410 valence electrons. The number of hydrogen-bond acceptors (Lipinski definition) is 24. The molecule has 0 radical (unpaired) electrons. The molecule has 4 rings (SSSR count). The SMILES string of the molecule is Cc1ncc(COP(=O)(O)O)c(CN[C@@](C)(CCC(=O)O)C(=O)SCCNC(=O)CCNC(=O)C(O)C(C)(C)COP(=O)(O)OP(=O)(O)OCC2OC(n3cnc4c(N)ncnc43)C(O)C2OP(=O)(O)O)c1O. The molecule has 0 saturated carbocycles. The van der Waals surface area contributed by atoms with Crippen molar-refractivity contribution in [3.05, 3.63) is 35.7 Å². The van der Waals surface area contributed by atoms with Crippen LogP contribution in [0.2, 0.25) is 0 Å². The van der Waals surface area contributed by atoms with Gasteiger partial charge in [-0.1, -0.05) is 25.6 Å². The molecule has 0 spiro atoms. The number of aliphatic hydroxyl groups excluding tert-OH is 2. The lowest BCUT2D eigenvalue weighted by atomic mass is 9.87. The Hall–Kier alpha value is -3.95. The van der Waals surface area contributed by atoms with Gasteiger partial charge in [0.15, 0.2) is 17.7 Å². The number of aromatic hydroxyl groups is 1. The number of aliphatic carboxylic acids is 1. The number of ether oxygens (including phenoxy) is 1. The Labute approximate surface area is 417 Å². The van der Waals surface area contributed by atoms with Crippen LogP contribution in [-0.4, -0.2) is 159 Å². The Morgan fingerprint density at radius 1 is 0.932 bits per heavy atom. The first-order chi connectivity index (χ1) is 33.6. The lowest BCUT2D eigenvalue weighted by Gasteiger charge is -2.30. The fraction of sp³-hybridized carbons (Fsp3) is 0.600. The molecule has 0 aromatic carbocycles. The van der Waals surface area contributed by atoms with E-state index in [1.807, 2.05) is 0 Å². The Bertz CT molecular complexity index is 2670. The van der Waals surface area contributed by atoms with Crippen molar-refractivity contribution in [3.63, 3.8) is 0 Å². The Balaban J connectivity index is 1.23. The molecule has 8 atom stereocenters. The van der Waals surface area contributed by atoms with Gasteiger partial charge in [-0.3, -0.25) is 46.8 Å². The second kappa shape index (κ2) is 25.3. The summed E-state index contributed by atoms with van der Waals surface area (Å²) < 4.78 is 78.2. The van der Waals surface area contributed by atoms with Gasteiger partial charge in [-0.05, 0) is 20.3 Å². The van der Waals surface area contributed by atoms with E-state index in [1.165, 1.54) is 33.9 Å². The van der Waals surface area contributed by atoms with E-state index in [0.717, 1.165) is 29.0 Å². The van der Waals surface area contributed by atoms with E-state index in [1.54, 1.807) is 0 Å². The maximum absolute atomic E-state index is 13.4. The highest BCUT2D eigenvalue weighted by molar-refractivity contribution is 8.13. The van der Waals surface area contributed by atoms with Crippen LogP contribution >= 0.6 is 43.1 Å². The lowest BCUT2D eigenvalue weighted by molar-refractivity contribution is -0.138. The number of anilines is 1. The minimum atomic E-state index is -5.65. The maximum atomic E-state index is 13.4. The number of hydrogen-bond donors (Lipinski definition) is 14. The van der Waals surface area contributed by atoms with Gasteiger partial charge in [-0.25, -0.2) is 33.2 Å². The number of nitrogens with two attached hydrogens (primary N) is 1. The molecule has 1 aliphatic rings. The lowest BCUT2D eigenvalue weighted by Crippen LogP contribution is -2.48. The van der Waals surface area contributed by atoms with Crippen molar-refractivity contribution in [3.8, 4) is 5.75 Å². The number of amides is 2. The van der Waals surface area contributed by atoms with Crippen LogP contribution < -0.4 is 21.7 Å². The van der Waals surface area contributed by atoms with Gasteiger partial charge in [0.25, 0.3) is 0 Å². The van der Waals surface area contributed by atoms with Crippen molar-refractivity contribution in [1.29, 1.82) is 0 Å². The standard InChI is InChI=1S/C35H55N9O24P4S/c1-18-25(48)20(19(11-39-18)13-63-69(53,54)55)12-43-35(4,7-5-23(46)47)33(52)73-10-9-37-22(45)6-8-38-31(51)28(50)34(2,3)15-65-72(61,62)68-71(59,60)64-14-21-27(67-70(56,57)58)26(49)32(66-21)44-17-42-24-29(36)40-16-41-30(24)44/h11,16-17,21,26-28,32,43,48-50H,5-10,12-15H2,1-4H3,(H,37,45)(H,38,51)(H,46,47)(H,59,60)(H,61,62)(H2,36,40,41)(H2,53,54,55)(H2,56,57,58)/t21?,26?,27?,28?,32?,35-/m0/s1. The molecular weight excluding hydrogens is 1090 g/mol. The number of carbonyl (C=O) groups is 4. The van der Waals surface area contributed by atoms with Gasteiger partial charge in [0.05, 0.1) is 37.4 Å². The van der Waals surface area contributed by atoms with Crippen molar-refractivity contribution in [1.82, 2.24) is 40.5 Å². The van der Waals surface area contributed by atoms with Crippen molar-refractivity contribution in [2.75, 3.05) is 37.8 Å². The number of aliphatic hydroxyl groups is 2. The molecule has 1 fully saturated rings. The van der Waals surface area contributed by atoms with E-state index in [2.05, 4.69) is 49.2 Å². The van der Waals surface area contributed by atoms with E-state index in [0.29, 0.717) is 0 Å². The number of phosphoric acid groups is 4. The second-order valence-corrected chi connectivity index (χ2v) is 23.3. The first-order valence-corrected chi connectivity index (χ1v) is 28.1. The first-order valence-electron chi connectivity index (χ1n) is 21.0. The van der Waals surface area contributed by atoms with Crippen LogP contribution in [0.4, 0.5) is 5.82 Å². The summed E-state index contributed by atoms with van der Waals surface area (Å²) in [5.74, 6) is -3.36. The molecule has 3 aromatic heterocycles. The molecule has 0 bridgehead atoms. The first kappa shape index (κ1) is 61.6. The number of carboxylic acids is 1. The van der Waals surface area contributed by atoms with Gasteiger partial charge in [0.1, 0.15) is 42.0 Å².